The Hall–Kier alpha value is -1.36. The number of likely N-dealkylation sites (tertiary alicyclic amines) is 2. The van der Waals surface area contributed by atoms with Crippen LogP contribution in [-0.2, 0) is 15.0 Å². The summed E-state index contributed by atoms with van der Waals surface area (Å²) in [6.45, 7) is 3.28. The molecule has 4 rings (SSSR count). The number of amides is 2. The van der Waals surface area contributed by atoms with Crippen LogP contribution in [0.15, 0.2) is 28.7 Å². The van der Waals surface area contributed by atoms with Gasteiger partial charge in [0.1, 0.15) is 0 Å². The van der Waals surface area contributed by atoms with Crippen molar-refractivity contribution in [2.45, 2.75) is 56.8 Å². The third-order valence-electron chi connectivity index (χ3n) is 6.79. The van der Waals surface area contributed by atoms with E-state index in [0.29, 0.717) is 5.91 Å². The third kappa shape index (κ3) is 3.67. The van der Waals surface area contributed by atoms with Gasteiger partial charge in [-0.1, -0.05) is 40.9 Å². The van der Waals surface area contributed by atoms with Crippen LogP contribution in [-0.4, -0.2) is 47.8 Å². The summed E-state index contributed by atoms with van der Waals surface area (Å²) >= 11 is 3.57. The highest BCUT2D eigenvalue weighted by atomic mass is 79.9. The fourth-order valence-corrected chi connectivity index (χ4v) is 5.62. The average molecular weight is 433 g/mol. The summed E-state index contributed by atoms with van der Waals surface area (Å²) in [4.78, 5) is 30.3. The van der Waals surface area contributed by atoms with Gasteiger partial charge in [-0.05, 0) is 56.2 Å². The maximum Gasteiger partial charge on any atom is 0.233 e. The zero-order chi connectivity index (χ0) is 18.9. The van der Waals surface area contributed by atoms with Crippen molar-refractivity contribution in [2.75, 3.05) is 26.2 Å². The number of carbonyl (C=O) groups excluding carboxylic acids is 2. The van der Waals surface area contributed by atoms with Crippen LogP contribution in [0.3, 0.4) is 0 Å². The van der Waals surface area contributed by atoms with Crippen molar-refractivity contribution in [3.8, 4) is 0 Å². The van der Waals surface area contributed by atoms with Crippen molar-refractivity contribution in [1.29, 1.82) is 0 Å². The molecule has 27 heavy (non-hydrogen) atoms. The zero-order valence-electron chi connectivity index (χ0n) is 16.0. The molecule has 4 nitrogen and oxygen atoms in total. The van der Waals surface area contributed by atoms with E-state index in [1.807, 2.05) is 21.9 Å². The molecule has 1 aromatic carbocycles. The van der Waals surface area contributed by atoms with Crippen molar-refractivity contribution in [3.05, 3.63) is 34.3 Å². The summed E-state index contributed by atoms with van der Waals surface area (Å²) in [6.07, 6.45) is 8.01. The minimum Gasteiger partial charge on any atom is -0.342 e. The molecule has 0 unspecified atom stereocenters. The summed E-state index contributed by atoms with van der Waals surface area (Å²) in [7, 11) is 0. The van der Waals surface area contributed by atoms with Crippen LogP contribution in [0.4, 0.5) is 0 Å². The molecule has 1 aromatic rings. The van der Waals surface area contributed by atoms with E-state index in [2.05, 4.69) is 28.1 Å². The number of hydrogen-bond acceptors (Lipinski definition) is 2. The van der Waals surface area contributed by atoms with Gasteiger partial charge in [0.15, 0.2) is 0 Å². The number of nitrogens with zero attached hydrogens (tertiary/aromatic N) is 2. The van der Waals surface area contributed by atoms with Crippen molar-refractivity contribution < 1.29 is 9.59 Å². The van der Waals surface area contributed by atoms with E-state index in [1.165, 1.54) is 0 Å². The molecule has 3 aliphatic rings. The molecule has 3 fully saturated rings. The van der Waals surface area contributed by atoms with E-state index in [0.717, 1.165) is 87.6 Å². The van der Waals surface area contributed by atoms with E-state index in [4.69, 9.17) is 0 Å². The SMILES string of the molecule is O=C(C1CCN(C(=O)C2(c3cccc(Br)c3)CCCC2)CC1)N1CCCC1. The Kier molecular flexibility index (Phi) is 5.58. The summed E-state index contributed by atoms with van der Waals surface area (Å²) in [5, 5.41) is 0. The molecule has 5 heteroatoms. The molecule has 146 valence electrons. The van der Waals surface area contributed by atoms with Crippen LogP contribution in [0.2, 0.25) is 0 Å². The Balaban J connectivity index is 1.45. The fourth-order valence-electron chi connectivity index (χ4n) is 5.22. The van der Waals surface area contributed by atoms with Gasteiger partial charge in [0.2, 0.25) is 11.8 Å². The van der Waals surface area contributed by atoms with Crippen molar-refractivity contribution >= 4 is 27.7 Å². The Bertz CT molecular complexity index is 700. The molecule has 1 aliphatic carbocycles. The van der Waals surface area contributed by atoms with Crippen molar-refractivity contribution in [1.82, 2.24) is 9.80 Å². The monoisotopic (exact) mass is 432 g/mol. The largest absolute Gasteiger partial charge is 0.342 e. The maximum absolute atomic E-state index is 13.6. The van der Waals surface area contributed by atoms with Crippen LogP contribution in [0.5, 0.6) is 0 Å². The molecule has 0 radical (unpaired) electrons. The molecule has 0 aromatic heterocycles. The predicted molar refractivity (Wildman–Crippen MR) is 109 cm³/mol. The lowest BCUT2D eigenvalue weighted by molar-refractivity contribution is -0.143. The standard InChI is InChI=1S/C22H29BrN2O2/c23-19-7-5-6-18(16-19)22(10-1-2-11-22)21(27)25-14-8-17(9-15-25)20(26)24-12-3-4-13-24/h5-7,16-17H,1-4,8-15H2. The molecule has 0 spiro atoms. The molecular formula is C22H29BrN2O2. The number of carbonyl (C=O) groups is 2. The van der Waals surface area contributed by atoms with E-state index in [9.17, 15) is 9.59 Å². The number of halogens is 1. The normalized spacial score (nSPS) is 23.0. The molecule has 2 saturated heterocycles. The van der Waals surface area contributed by atoms with Crippen LogP contribution in [0, 0.1) is 5.92 Å². The highest BCUT2D eigenvalue weighted by molar-refractivity contribution is 9.10. The van der Waals surface area contributed by atoms with Crippen LogP contribution >= 0.6 is 15.9 Å². The smallest absolute Gasteiger partial charge is 0.233 e. The molecule has 1 saturated carbocycles. The van der Waals surface area contributed by atoms with Crippen LogP contribution in [0.1, 0.15) is 56.9 Å². The first kappa shape index (κ1) is 19.0. The van der Waals surface area contributed by atoms with Gasteiger partial charge < -0.3 is 9.80 Å². The van der Waals surface area contributed by atoms with E-state index in [-0.39, 0.29) is 17.2 Å². The lowest BCUT2D eigenvalue weighted by atomic mass is 9.77. The Labute approximate surface area is 170 Å². The molecule has 2 aliphatic heterocycles. The van der Waals surface area contributed by atoms with Gasteiger partial charge in [0, 0.05) is 36.6 Å². The first-order chi connectivity index (χ1) is 13.1. The minimum absolute atomic E-state index is 0.109. The second kappa shape index (κ2) is 7.94. The molecule has 0 N–H and O–H groups in total. The van der Waals surface area contributed by atoms with E-state index >= 15 is 0 Å². The molecule has 0 atom stereocenters. The molecular weight excluding hydrogens is 404 g/mol. The van der Waals surface area contributed by atoms with Crippen molar-refractivity contribution in [3.63, 3.8) is 0 Å². The Morgan fingerprint density at radius 2 is 1.59 bits per heavy atom. The second-order valence-corrected chi connectivity index (χ2v) is 9.31. The van der Waals surface area contributed by atoms with Gasteiger partial charge in [0.25, 0.3) is 0 Å². The molecule has 0 bridgehead atoms. The van der Waals surface area contributed by atoms with E-state index < -0.39 is 0 Å². The summed E-state index contributed by atoms with van der Waals surface area (Å²) < 4.78 is 1.04. The lowest BCUT2D eigenvalue weighted by Crippen LogP contribution is -2.50. The third-order valence-corrected chi connectivity index (χ3v) is 7.29. The number of benzene rings is 1. The van der Waals surface area contributed by atoms with Gasteiger partial charge in [-0.3, -0.25) is 9.59 Å². The highest BCUT2D eigenvalue weighted by Gasteiger charge is 2.46. The first-order valence-corrected chi connectivity index (χ1v) is 11.2. The maximum atomic E-state index is 13.6. The Morgan fingerprint density at radius 3 is 2.22 bits per heavy atom. The topological polar surface area (TPSA) is 40.6 Å². The minimum atomic E-state index is -0.365. The fraction of sp³-hybridized carbons (Fsp3) is 0.636. The highest BCUT2D eigenvalue weighted by Crippen LogP contribution is 2.44. The van der Waals surface area contributed by atoms with Gasteiger partial charge in [0.05, 0.1) is 5.41 Å². The van der Waals surface area contributed by atoms with Gasteiger partial charge in [-0.2, -0.15) is 0 Å². The zero-order valence-corrected chi connectivity index (χ0v) is 17.5. The van der Waals surface area contributed by atoms with Gasteiger partial charge in [-0.25, -0.2) is 0 Å². The summed E-state index contributed by atoms with van der Waals surface area (Å²) in [5.41, 5.74) is 0.782. The van der Waals surface area contributed by atoms with Crippen LogP contribution in [0.25, 0.3) is 0 Å². The van der Waals surface area contributed by atoms with Crippen molar-refractivity contribution in [2.24, 2.45) is 5.92 Å². The van der Waals surface area contributed by atoms with Gasteiger partial charge >= 0.3 is 0 Å². The molecule has 2 amide bonds. The number of rotatable bonds is 3. The van der Waals surface area contributed by atoms with Crippen LogP contribution < -0.4 is 0 Å². The average Bonchev–Trinajstić information content (AvgIpc) is 3.40. The predicted octanol–water partition coefficient (Wildman–Crippen LogP) is 4.12. The molecule has 2 heterocycles. The quantitative estimate of drug-likeness (QED) is 0.720. The Morgan fingerprint density at radius 1 is 0.926 bits per heavy atom. The number of hydrogen-bond donors (Lipinski definition) is 0. The van der Waals surface area contributed by atoms with E-state index in [1.54, 1.807) is 0 Å². The first-order valence-electron chi connectivity index (χ1n) is 10.4. The number of piperidine rings is 1. The second-order valence-electron chi connectivity index (χ2n) is 8.40. The summed E-state index contributed by atoms with van der Waals surface area (Å²) in [5.74, 6) is 0.713. The summed E-state index contributed by atoms with van der Waals surface area (Å²) in [6, 6.07) is 8.28. The lowest BCUT2D eigenvalue weighted by Gasteiger charge is -2.39. The van der Waals surface area contributed by atoms with Gasteiger partial charge in [-0.15, -0.1) is 0 Å².